The number of nitrogens with one attached hydrogen (secondary N) is 1. The first-order chi connectivity index (χ1) is 9.11. The molecule has 0 amide bonds. The van der Waals surface area contributed by atoms with Gasteiger partial charge in [-0.05, 0) is 75.3 Å². The van der Waals surface area contributed by atoms with Gasteiger partial charge in [-0.3, -0.25) is 0 Å². The third-order valence-electron chi connectivity index (χ3n) is 2.92. The van der Waals surface area contributed by atoms with Crippen molar-refractivity contribution < 1.29 is 4.74 Å². The van der Waals surface area contributed by atoms with Crippen LogP contribution in [0.3, 0.4) is 0 Å². The Kier molecular flexibility index (Phi) is 5.10. The molecular weight excluding hydrogens is 417 g/mol. The Labute approximate surface area is 135 Å². The molecule has 0 saturated carbocycles. The van der Waals surface area contributed by atoms with Crippen LogP contribution in [0, 0.1) is 3.57 Å². The topological polar surface area (TPSA) is 21.3 Å². The van der Waals surface area contributed by atoms with E-state index in [2.05, 4.69) is 75.0 Å². The van der Waals surface area contributed by atoms with Gasteiger partial charge >= 0.3 is 0 Å². The average molecular weight is 432 g/mol. The second-order valence-electron chi connectivity index (χ2n) is 4.24. The molecule has 1 N–H and O–H groups in total. The molecule has 1 unspecified atom stereocenters. The Morgan fingerprint density at radius 2 is 1.95 bits per heavy atom. The number of benzene rings is 2. The summed E-state index contributed by atoms with van der Waals surface area (Å²) in [6.07, 6.45) is 0. The maximum atomic E-state index is 5.25. The van der Waals surface area contributed by atoms with Crippen molar-refractivity contribution in [3.63, 3.8) is 0 Å². The number of ether oxygens (including phenoxy) is 1. The lowest BCUT2D eigenvalue weighted by Crippen LogP contribution is -2.07. The molecule has 0 heterocycles. The summed E-state index contributed by atoms with van der Waals surface area (Å²) in [7, 11) is 1.67. The van der Waals surface area contributed by atoms with E-state index in [4.69, 9.17) is 4.74 Å². The Bertz CT molecular complexity index is 574. The Hall–Kier alpha value is -0.750. The molecule has 2 rings (SSSR count). The predicted octanol–water partition coefficient (Wildman–Crippen LogP) is 5.24. The lowest BCUT2D eigenvalue weighted by atomic mass is 10.1. The summed E-state index contributed by atoms with van der Waals surface area (Å²) < 4.78 is 7.45. The first-order valence-corrected chi connectivity index (χ1v) is 7.83. The molecule has 0 aliphatic heterocycles. The van der Waals surface area contributed by atoms with Gasteiger partial charge in [-0.15, -0.1) is 0 Å². The lowest BCUT2D eigenvalue weighted by Gasteiger charge is -2.17. The maximum absolute atomic E-state index is 5.25. The van der Waals surface area contributed by atoms with Gasteiger partial charge in [0.2, 0.25) is 0 Å². The molecule has 100 valence electrons. The fourth-order valence-electron chi connectivity index (χ4n) is 1.85. The van der Waals surface area contributed by atoms with Gasteiger partial charge in [0.25, 0.3) is 0 Å². The minimum atomic E-state index is 0.234. The van der Waals surface area contributed by atoms with Crippen molar-refractivity contribution >= 4 is 44.2 Å². The van der Waals surface area contributed by atoms with E-state index >= 15 is 0 Å². The fraction of sp³-hybridized carbons (Fsp3) is 0.200. The first-order valence-electron chi connectivity index (χ1n) is 5.96. The maximum Gasteiger partial charge on any atom is 0.133 e. The summed E-state index contributed by atoms with van der Waals surface area (Å²) >= 11 is 5.86. The van der Waals surface area contributed by atoms with Crippen molar-refractivity contribution in [1.29, 1.82) is 0 Å². The molecular formula is C15H15BrINO. The summed E-state index contributed by atoms with van der Waals surface area (Å²) in [5.41, 5.74) is 2.37. The molecule has 0 saturated heterocycles. The van der Waals surface area contributed by atoms with Crippen molar-refractivity contribution in [2.24, 2.45) is 0 Å². The van der Waals surface area contributed by atoms with Crippen molar-refractivity contribution in [1.82, 2.24) is 0 Å². The molecule has 0 bridgehead atoms. The van der Waals surface area contributed by atoms with Gasteiger partial charge in [-0.25, -0.2) is 0 Å². The SMILES string of the molecule is COc1ccc(C(C)Nc2ccccc2I)cc1Br. The van der Waals surface area contributed by atoms with Gasteiger partial charge < -0.3 is 10.1 Å². The zero-order chi connectivity index (χ0) is 13.8. The number of methoxy groups -OCH3 is 1. The average Bonchev–Trinajstić information content (AvgIpc) is 2.41. The van der Waals surface area contributed by atoms with Crippen LogP contribution in [0.2, 0.25) is 0 Å². The second kappa shape index (κ2) is 6.61. The Balaban J connectivity index is 2.18. The van der Waals surface area contributed by atoms with Crippen LogP contribution in [0.4, 0.5) is 5.69 Å². The van der Waals surface area contributed by atoms with Gasteiger partial charge in [0, 0.05) is 15.3 Å². The standard InChI is InChI=1S/C15H15BrINO/c1-10(18-14-6-4-3-5-13(14)17)11-7-8-15(19-2)12(16)9-11/h3-10,18H,1-2H3. The van der Waals surface area contributed by atoms with E-state index in [0.29, 0.717) is 0 Å². The van der Waals surface area contributed by atoms with Crippen LogP contribution in [0.25, 0.3) is 0 Å². The van der Waals surface area contributed by atoms with Gasteiger partial charge in [0.1, 0.15) is 5.75 Å². The van der Waals surface area contributed by atoms with E-state index < -0.39 is 0 Å². The molecule has 19 heavy (non-hydrogen) atoms. The highest BCUT2D eigenvalue weighted by atomic mass is 127. The van der Waals surface area contributed by atoms with Crippen LogP contribution in [0.15, 0.2) is 46.9 Å². The highest BCUT2D eigenvalue weighted by Gasteiger charge is 2.09. The van der Waals surface area contributed by atoms with Gasteiger partial charge in [0.15, 0.2) is 0 Å². The monoisotopic (exact) mass is 431 g/mol. The van der Waals surface area contributed by atoms with Crippen LogP contribution >= 0.6 is 38.5 Å². The number of para-hydroxylation sites is 1. The molecule has 0 aliphatic rings. The Morgan fingerprint density at radius 3 is 2.58 bits per heavy atom. The molecule has 0 spiro atoms. The van der Waals surface area contributed by atoms with Crippen molar-refractivity contribution in [3.05, 3.63) is 56.1 Å². The van der Waals surface area contributed by atoms with E-state index in [1.165, 1.54) is 9.13 Å². The zero-order valence-electron chi connectivity index (χ0n) is 10.8. The Morgan fingerprint density at radius 1 is 1.21 bits per heavy atom. The number of anilines is 1. The van der Waals surface area contributed by atoms with Gasteiger partial charge in [-0.1, -0.05) is 18.2 Å². The second-order valence-corrected chi connectivity index (χ2v) is 6.26. The van der Waals surface area contributed by atoms with Crippen LogP contribution in [-0.2, 0) is 0 Å². The summed E-state index contributed by atoms with van der Waals surface area (Å²) in [6.45, 7) is 2.15. The number of hydrogen-bond acceptors (Lipinski definition) is 2. The van der Waals surface area contributed by atoms with Gasteiger partial charge in [-0.2, -0.15) is 0 Å². The minimum Gasteiger partial charge on any atom is -0.496 e. The van der Waals surface area contributed by atoms with E-state index in [9.17, 15) is 0 Å². The summed E-state index contributed by atoms with van der Waals surface area (Å²) in [5.74, 6) is 0.852. The predicted molar refractivity (Wildman–Crippen MR) is 91.9 cm³/mol. The number of rotatable bonds is 4. The number of halogens is 2. The minimum absolute atomic E-state index is 0.234. The van der Waals surface area contributed by atoms with Crippen LogP contribution in [0.1, 0.15) is 18.5 Å². The van der Waals surface area contributed by atoms with Crippen LogP contribution < -0.4 is 10.1 Å². The van der Waals surface area contributed by atoms with E-state index in [0.717, 1.165) is 15.9 Å². The highest BCUT2D eigenvalue weighted by molar-refractivity contribution is 14.1. The molecule has 0 radical (unpaired) electrons. The molecule has 2 aromatic carbocycles. The third-order valence-corrected chi connectivity index (χ3v) is 4.48. The highest BCUT2D eigenvalue weighted by Crippen LogP contribution is 2.30. The summed E-state index contributed by atoms with van der Waals surface area (Å²) in [4.78, 5) is 0. The molecule has 2 nitrogen and oxygen atoms in total. The summed E-state index contributed by atoms with van der Waals surface area (Å²) in [6, 6.07) is 14.7. The largest absolute Gasteiger partial charge is 0.496 e. The molecule has 0 fully saturated rings. The van der Waals surface area contributed by atoms with Crippen molar-refractivity contribution in [3.8, 4) is 5.75 Å². The number of hydrogen-bond donors (Lipinski definition) is 1. The quantitative estimate of drug-likeness (QED) is 0.668. The normalized spacial score (nSPS) is 12.0. The molecule has 4 heteroatoms. The fourth-order valence-corrected chi connectivity index (χ4v) is 2.95. The molecule has 0 aliphatic carbocycles. The molecule has 0 aromatic heterocycles. The van der Waals surface area contributed by atoms with E-state index in [1.807, 2.05) is 18.2 Å². The third kappa shape index (κ3) is 3.63. The summed E-state index contributed by atoms with van der Waals surface area (Å²) in [5, 5.41) is 3.52. The molecule has 1 atom stereocenters. The molecule has 2 aromatic rings. The van der Waals surface area contributed by atoms with Crippen molar-refractivity contribution in [2.75, 3.05) is 12.4 Å². The van der Waals surface area contributed by atoms with Crippen molar-refractivity contribution in [2.45, 2.75) is 13.0 Å². The van der Waals surface area contributed by atoms with Crippen LogP contribution in [0.5, 0.6) is 5.75 Å². The van der Waals surface area contributed by atoms with Gasteiger partial charge in [0.05, 0.1) is 11.6 Å². The zero-order valence-corrected chi connectivity index (χ0v) is 14.5. The lowest BCUT2D eigenvalue weighted by molar-refractivity contribution is 0.412. The van der Waals surface area contributed by atoms with E-state index in [1.54, 1.807) is 7.11 Å². The van der Waals surface area contributed by atoms with Crippen LogP contribution in [-0.4, -0.2) is 7.11 Å². The smallest absolute Gasteiger partial charge is 0.133 e. The first kappa shape index (κ1) is 14.7. The van der Waals surface area contributed by atoms with E-state index in [-0.39, 0.29) is 6.04 Å².